The van der Waals surface area contributed by atoms with Gasteiger partial charge in [-0.15, -0.1) is 0 Å². The number of rotatable bonds is 5. The summed E-state index contributed by atoms with van der Waals surface area (Å²) in [6.07, 6.45) is -2.82. The largest absolute Gasteiger partial charge is 0.449 e. The van der Waals surface area contributed by atoms with Crippen LogP contribution in [-0.4, -0.2) is 18.0 Å². The fourth-order valence-electron chi connectivity index (χ4n) is 1.98. The highest BCUT2D eigenvalue weighted by molar-refractivity contribution is 5.96. The van der Waals surface area contributed by atoms with Crippen LogP contribution in [0, 0.1) is 0 Å². The van der Waals surface area contributed by atoms with Crippen molar-refractivity contribution in [3.05, 3.63) is 71.8 Å². The zero-order valence-electron chi connectivity index (χ0n) is 13.8. The van der Waals surface area contributed by atoms with Crippen LogP contribution in [0.4, 0.5) is 18.9 Å². The van der Waals surface area contributed by atoms with E-state index >= 15 is 0 Å². The molecule has 0 bridgehead atoms. The lowest BCUT2D eigenvalue weighted by atomic mass is 10.2. The van der Waals surface area contributed by atoms with Crippen LogP contribution in [0.1, 0.15) is 18.1 Å². The second-order valence-electron chi connectivity index (χ2n) is 5.39. The number of hydrogen-bond acceptors (Lipinski definition) is 3. The van der Waals surface area contributed by atoms with E-state index in [-0.39, 0.29) is 5.69 Å². The van der Waals surface area contributed by atoms with Gasteiger partial charge in [0.25, 0.3) is 5.91 Å². The van der Waals surface area contributed by atoms with Gasteiger partial charge in [0.05, 0.1) is 5.56 Å². The number of carbonyl (C=O) groups is 2. The Kier molecular flexibility index (Phi) is 6.16. The number of nitrogens with one attached hydrogen (secondary N) is 1. The summed E-state index contributed by atoms with van der Waals surface area (Å²) in [4.78, 5) is 23.7. The van der Waals surface area contributed by atoms with Gasteiger partial charge in [0.1, 0.15) is 0 Å². The van der Waals surface area contributed by atoms with E-state index in [1.165, 1.54) is 13.0 Å². The van der Waals surface area contributed by atoms with Crippen molar-refractivity contribution in [2.45, 2.75) is 19.2 Å². The summed E-state index contributed by atoms with van der Waals surface area (Å²) in [5, 5.41) is 2.39. The molecule has 7 heteroatoms. The first kappa shape index (κ1) is 19.2. The van der Waals surface area contributed by atoms with Crippen LogP contribution in [0.15, 0.2) is 60.7 Å². The second-order valence-corrected chi connectivity index (χ2v) is 5.39. The molecule has 0 saturated heterocycles. The van der Waals surface area contributed by atoms with E-state index < -0.39 is 29.7 Å². The third-order valence-corrected chi connectivity index (χ3v) is 3.35. The number of amides is 1. The Morgan fingerprint density at radius 1 is 1.04 bits per heavy atom. The molecule has 2 aromatic rings. The number of alkyl halides is 3. The molecule has 1 N–H and O–H groups in total. The van der Waals surface area contributed by atoms with Crippen LogP contribution in [0.5, 0.6) is 0 Å². The highest BCUT2D eigenvalue weighted by Crippen LogP contribution is 2.29. The van der Waals surface area contributed by atoms with Crippen LogP contribution < -0.4 is 5.32 Å². The smallest absolute Gasteiger partial charge is 0.416 e. The zero-order chi connectivity index (χ0) is 19.2. The molecule has 0 aliphatic rings. The predicted octanol–water partition coefficient (Wildman–Crippen LogP) is 4.29. The molecule has 2 aromatic carbocycles. The lowest BCUT2D eigenvalue weighted by Gasteiger charge is -2.13. The van der Waals surface area contributed by atoms with Gasteiger partial charge < -0.3 is 10.1 Å². The SMILES string of the molecule is CC(OC(=O)/C=C/c1ccccc1)C(=O)Nc1ccc(C(F)(F)F)cc1. The van der Waals surface area contributed by atoms with E-state index in [0.717, 1.165) is 29.8 Å². The second kappa shape index (κ2) is 8.33. The van der Waals surface area contributed by atoms with E-state index in [1.807, 2.05) is 18.2 Å². The molecule has 1 atom stereocenters. The summed E-state index contributed by atoms with van der Waals surface area (Å²) >= 11 is 0. The highest BCUT2D eigenvalue weighted by Gasteiger charge is 2.30. The van der Waals surface area contributed by atoms with Gasteiger partial charge in [-0.2, -0.15) is 13.2 Å². The first-order valence-corrected chi connectivity index (χ1v) is 7.67. The third-order valence-electron chi connectivity index (χ3n) is 3.35. The van der Waals surface area contributed by atoms with Crippen LogP contribution in [0.25, 0.3) is 6.08 Å². The van der Waals surface area contributed by atoms with Crippen LogP contribution in [-0.2, 0) is 20.5 Å². The van der Waals surface area contributed by atoms with Crippen molar-refractivity contribution in [1.29, 1.82) is 0 Å². The maximum Gasteiger partial charge on any atom is 0.416 e. The van der Waals surface area contributed by atoms with Crippen molar-refractivity contribution >= 4 is 23.6 Å². The Labute approximate surface area is 148 Å². The maximum atomic E-state index is 12.5. The summed E-state index contributed by atoms with van der Waals surface area (Å²) in [6, 6.07) is 13.0. The van der Waals surface area contributed by atoms with E-state index in [4.69, 9.17) is 4.74 Å². The molecule has 0 aromatic heterocycles. The van der Waals surface area contributed by atoms with Crippen molar-refractivity contribution in [2.75, 3.05) is 5.32 Å². The minimum atomic E-state index is -4.45. The predicted molar refractivity (Wildman–Crippen MR) is 91.1 cm³/mol. The van der Waals surface area contributed by atoms with E-state index in [9.17, 15) is 22.8 Å². The van der Waals surface area contributed by atoms with Crippen molar-refractivity contribution < 1.29 is 27.5 Å². The average molecular weight is 363 g/mol. The van der Waals surface area contributed by atoms with E-state index in [2.05, 4.69) is 5.32 Å². The summed E-state index contributed by atoms with van der Waals surface area (Å²) in [7, 11) is 0. The minimum Gasteiger partial charge on any atom is -0.449 e. The molecular weight excluding hydrogens is 347 g/mol. The van der Waals surface area contributed by atoms with Gasteiger partial charge in [-0.3, -0.25) is 4.79 Å². The molecule has 0 saturated carbocycles. The van der Waals surface area contributed by atoms with E-state index in [1.54, 1.807) is 18.2 Å². The summed E-state index contributed by atoms with van der Waals surface area (Å²) in [6.45, 7) is 1.37. The standard InChI is InChI=1S/C19H16F3NO3/c1-13(26-17(24)12-7-14-5-3-2-4-6-14)18(25)23-16-10-8-15(9-11-16)19(20,21)22/h2-13H,1H3,(H,23,25)/b12-7+. The number of benzene rings is 2. The summed E-state index contributed by atoms with van der Waals surface area (Å²) in [5.41, 5.74) is 0.151. The van der Waals surface area contributed by atoms with Crippen molar-refractivity contribution in [3.8, 4) is 0 Å². The number of ether oxygens (including phenoxy) is 1. The Balaban J connectivity index is 1.89. The number of carbonyl (C=O) groups excluding carboxylic acids is 2. The topological polar surface area (TPSA) is 55.4 Å². The van der Waals surface area contributed by atoms with Crippen LogP contribution in [0.2, 0.25) is 0 Å². The fraction of sp³-hybridized carbons (Fsp3) is 0.158. The Bertz CT molecular complexity index is 784. The normalized spacial score (nSPS) is 12.6. The van der Waals surface area contributed by atoms with Gasteiger partial charge >= 0.3 is 12.1 Å². The third kappa shape index (κ3) is 5.77. The summed E-state index contributed by atoms with van der Waals surface area (Å²) in [5.74, 6) is -1.35. The molecule has 0 heterocycles. The number of anilines is 1. The van der Waals surface area contributed by atoms with E-state index in [0.29, 0.717) is 0 Å². The zero-order valence-corrected chi connectivity index (χ0v) is 13.8. The molecule has 26 heavy (non-hydrogen) atoms. The average Bonchev–Trinajstić information content (AvgIpc) is 2.60. The molecule has 136 valence electrons. The van der Waals surface area contributed by atoms with Gasteiger partial charge in [-0.25, -0.2) is 4.79 Å². The molecule has 0 aliphatic heterocycles. The highest BCUT2D eigenvalue weighted by atomic mass is 19.4. The lowest BCUT2D eigenvalue weighted by Crippen LogP contribution is -2.29. The summed E-state index contributed by atoms with van der Waals surface area (Å²) < 4.78 is 42.5. The maximum absolute atomic E-state index is 12.5. The van der Waals surface area contributed by atoms with Gasteiger partial charge in [-0.1, -0.05) is 30.3 Å². The first-order valence-electron chi connectivity index (χ1n) is 7.67. The quantitative estimate of drug-likeness (QED) is 0.637. The molecule has 2 rings (SSSR count). The Morgan fingerprint density at radius 3 is 2.23 bits per heavy atom. The fourth-order valence-corrected chi connectivity index (χ4v) is 1.98. The molecule has 0 spiro atoms. The molecular formula is C19H16F3NO3. The number of halogens is 3. The van der Waals surface area contributed by atoms with Gasteiger partial charge in [0.2, 0.25) is 0 Å². The number of esters is 1. The van der Waals surface area contributed by atoms with Gasteiger partial charge in [0, 0.05) is 11.8 Å². The minimum absolute atomic E-state index is 0.172. The van der Waals surface area contributed by atoms with Crippen molar-refractivity contribution in [2.24, 2.45) is 0 Å². The lowest BCUT2D eigenvalue weighted by molar-refractivity contribution is -0.148. The molecule has 0 aliphatic carbocycles. The van der Waals surface area contributed by atoms with Crippen LogP contribution in [0.3, 0.4) is 0 Å². The van der Waals surface area contributed by atoms with Crippen LogP contribution >= 0.6 is 0 Å². The molecule has 4 nitrogen and oxygen atoms in total. The number of hydrogen-bond donors (Lipinski definition) is 1. The first-order chi connectivity index (χ1) is 12.3. The molecule has 1 unspecified atom stereocenters. The molecule has 1 amide bonds. The molecule has 0 radical (unpaired) electrons. The Hall–Kier alpha value is -3.09. The van der Waals surface area contributed by atoms with Gasteiger partial charge in [-0.05, 0) is 42.8 Å². The van der Waals surface area contributed by atoms with Gasteiger partial charge in [0.15, 0.2) is 6.10 Å². The molecule has 0 fully saturated rings. The monoisotopic (exact) mass is 363 g/mol. The Morgan fingerprint density at radius 2 is 1.65 bits per heavy atom. The van der Waals surface area contributed by atoms with Crippen molar-refractivity contribution in [1.82, 2.24) is 0 Å². The van der Waals surface area contributed by atoms with Crippen molar-refractivity contribution in [3.63, 3.8) is 0 Å².